The van der Waals surface area contributed by atoms with Crippen molar-refractivity contribution in [3.63, 3.8) is 0 Å². The van der Waals surface area contributed by atoms with Crippen molar-refractivity contribution >= 4 is 51.6 Å². The molecule has 1 saturated heterocycles. The van der Waals surface area contributed by atoms with E-state index in [9.17, 15) is 9.59 Å². The number of ether oxygens (including phenoxy) is 2. The Morgan fingerprint density at radius 3 is 2.45 bits per heavy atom. The number of imide groups is 1. The molecule has 0 unspecified atom stereocenters. The highest BCUT2D eigenvalue weighted by atomic mass is 127. The van der Waals surface area contributed by atoms with Gasteiger partial charge in [0.2, 0.25) is 0 Å². The lowest BCUT2D eigenvalue weighted by Crippen LogP contribution is -2.27. The Balaban J connectivity index is 1.91. The molecule has 1 heterocycles. The molecule has 2 amide bonds. The second kappa shape index (κ2) is 10.9. The molecule has 162 valence electrons. The lowest BCUT2D eigenvalue weighted by atomic mass is 10.0. The Labute approximate surface area is 200 Å². The van der Waals surface area contributed by atoms with Crippen molar-refractivity contribution in [3.8, 4) is 11.5 Å². The molecule has 0 N–H and O–H groups in total. The maximum Gasteiger partial charge on any atom is 0.293 e. The highest BCUT2D eigenvalue weighted by Gasteiger charge is 2.35. The van der Waals surface area contributed by atoms with Crippen molar-refractivity contribution in [2.45, 2.75) is 26.8 Å². The third-order valence-corrected chi connectivity index (χ3v) is 6.16. The molecular weight excluding hydrogens is 525 g/mol. The van der Waals surface area contributed by atoms with Crippen molar-refractivity contribution in [2.24, 2.45) is 0 Å². The Morgan fingerprint density at radius 2 is 1.81 bits per heavy atom. The predicted octanol–water partition coefficient (Wildman–Crippen LogP) is 6.05. The van der Waals surface area contributed by atoms with E-state index in [0.29, 0.717) is 36.0 Å². The van der Waals surface area contributed by atoms with Crippen LogP contribution in [-0.2, 0) is 17.8 Å². The van der Waals surface area contributed by atoms with Crippen LogP contribution in [0.2, 0.25) is 0 Å². The molecule has 0 radical (unpaired) electrons. The summed E-state index contributed by atoms with van der Waals surface area (Å²) in [5.41, 5.74) is 2.62. The second-order valence-electron chi connectivity index (χ2n) is 6.76. The Morgan fingerprint density at radius 1 is 1.10 bits per heavy atom. The van der Waals surface area contributed by atoms with E-state index < -0.39 is 0 Å². The van der Waals surface area contributed by atoms with Crippen LogP contribution in [0, 0.1) is 3.57 Å². The molecule has 2 aromatic rings. The van der Waals surface area contributed by atoms with Gasteiger partial charge in [-0.15, -0.1) is 6.58 Å². The van der Waals surface area contributed by atoms with E-state index >= 15 is 0 Å². The first-order valence-corrected chi connectivity index (χ1v) is 11.9. The molecular formula is C24H24INO4S. The number of nitrogens with zero attached hydrogens (tertiary/aromatic N) is 1. The molecule has 2 aromatic carbocycles. The highest BCUT2D eigenvalue weighted by molar-refractivity contribution is 14.1. The number of rotatable bonds is 9. The summed E-state index contributed by atoms with van der Waals surface area (Å²) in [6, 6.07) is 11.6. The number of hydrogen-bond donors (Lipinski definition) is 0. The van der Waals surface area contributed by atoms with Crippen molar-refractivity contribution in [1.82, 2.24) is 4.90 Å². The van der Waals surface area contributed by atoms with E-state index in [0.717, 1.165) is 32.0 Å². The van der Waals surface area contributed by atoms with Crippen molar-refractivity contribution in [3.05, 3.63) is 74.2 Å². The molecule has 1 aliphatic rings. The number of halogens is 1. The quantitative estimate of drug-likeness (QED) is 0.217. The lowest BCUT2D eigenvalue weighted by Gasteiger charge is -2.16. The fourth-order valence-electron chi connectivity index (χ4n) is 3.20. The lowest BCUT2D eigenvalue weighted by molar-refractivity contribution is -0.123. The number of carbonyl (C=O) groups excluding carboxylic acids is 2. The molecule has 1 fully saturated rings. The van der Waals surface area contributed by atoms with Gasteiger partial charge in [-0.2, -0.15) is 0 Å². The summed E-state index contributed by atoms with van der Waals surface area (Å²) in [6.45, 7) is 8.91. The molecule has 1 aliphatic heterocycles. The zero-order valence-corrected chi connectivity index (χ0v) is 20.5. The first-order chi connectivity index (χ1) is 15.0. The molecule has 0 aromatic heterocycles. The van der Waals surface area contributed by atoms with E-state index in [1.807, 2.05) is 50.2 Å². The predicted molar refractivity (Wildman–Crippen MR) is 133 cm³/mol. The van der Waals surface area contributed by atoms with Gasteiger partial charge in [-0.25, -0.2) is 0 Å². The maximum atomic E-state index is 12.9. The molecule has 0 bridgehead atoms. The van der Waals surface area contributed by atoms with Gasteiger partial charge in [0.25, 0.3) is 11.1 Å². The van der Waals surface area contributed by atoms with Crippen molar-refractivity contribution < 1.29 is 19.1 Å². The zero-order valence-electron chi connectivity index (χ0n) is 17.5. The van der Waals surface area contributed by atoms with Gasteiger partial charge in [0.15, 0.2) is 11.5 Å². The van der Waals surface area contributed by atoms with E-state index in [-0.39, 0.29) is 17.7 Å². The first-order valence-electron chi connectivity index (χ1n) is 10.00. The van der Waals surface area contributed by atoms with Crippen LogP contribution in [0.3, 0.4) is 0 Å². The number of benzene rings is 2. The normalized spacial score (nSPS) is 14.9. The Bertz CT molecular complexity index is 1020. The fourth-order valence-corrected chi connectivity index (χ4v) is 4.40. The summed E-state index contributed by atoms with van der Waals surface area (Å²) < 4.78 is 12.7. The summed E-state index contributed by atoms with van der Waals surface area (Å²) in [7, 11) is 0. The number of carbonyl (C=O) groups is 2. The van der Waals surface area contributed by atoms with Crippen LogP contribution in [0.5, 0.6) is 11.5 Å². The number of thioether (sulfide) groups is 1. The first kappa shape index (κ1) is 23.4. The number of allylic oxidation sites excluding steroid dienone is 1. The number of amides is 2. The average Bonchev–Trinajstić information content (AvgIpc) is 3.00. The van der Waals surface area contributed by atoms with Gasteiger partial charge in [0.05, 0.1) is 24.7 Å². The van der Waals surface area contributed by atoms with Crippen molar-refractivity contribution in [1.29, 1.82) is 0 Å². The summed E-state index contributed by atoms with van der Waals surface area (Å²) in [5, 5.41) is -0.267. The minimum atomic E-state index is -0.286. The summed E-state index contributed by atoms with van der Waals surface area (Å²) >= 11 is 3.18. The average molecular weight is 549 g/mol. The smallest absolute Gasteiger partial charge is 0.293 e. The van der Waals surface area contributed by atoms with E-state index in [1.165, 1.54) is 4.90 Å². The molecule has 5 nitrogen and oxygen atoms in total. The van der Waals surface area contributed by atoms with E-state index in [1.54, 1.807) is 12.2 Å². The third-order valence-electron chi connectivity index (χ3n) is 4.53. The van der Waals surface area contributed by atoms with Crippen LogP contribution in [-0.4, -0.2) is 29.3 Å². The highest BCUT2D eigenvalue weighted by Crippen LogP contribution is 2.37. The Hall–Kier alpha value is -2.26. The van der Waals surface area contributed by atoms with Gasteiger partial charge in [0, 0.05) is 9.13 Å². The van der Waals surface area contributed by atoms with Crippen LogP contribution in [0.15, 0.2) is 54.0 Å². The summed E-state index contributed by atoms with van der Waals surface area (Å²) in [6.07, 6.45) is 4.14. The van der Waals surface area contributed by atoms with Gasteiger partial charge in [-0.3, -0.25) is 14.5 Å². The van der Waals surface area contributed by atoms with E-state index in [2.05, 4.69) is 29.2 Å². The molecule has 31 heavy (non-hydrogen) atoms. The molecule has 0 spiro atoms. The molecule has 0 saturated carbocycles. The van der Waals surface area contributed by atoms with Crippen LogP contribution in [0.4, 0.5) is 4.79 Å². The van der Waals surface area contributed by atoms with Gasteiger partial charge in [-0.1, -0.05) is 18.2 Å². The molecule has 3 rings (SSSR count). The minimum Gasteiger partial charge on any atom is -0.490 e. The summed E-state index contributed by atoms with van der Waals surface area (Å²) in [5.74, 6) is 1.02. The minimum absolute atomic E-state index is 0.258. The SMILES string of the molecule is C=CCc1cc(/C=C2\SC(=O)N(Cc3ccc(I)cc3)C2=O)cc(OCC)c1OCC. The van der Waals surface area contributed by atoms with Crippen LogP contribution < -0.4 is 9.47 Å². The van der Waals surface area contributed by atoms with Crippen LogP contribution in [0.1, 0.15) is 30.5 Å². The van der Waals surface area contributed by atoms with Gasteiger partial charge in [0.1, 0.15) is 0 Å². The van der Waals surface area contributed by atoms with Crippen LogP contribution >= 0.6 is 34.4 Å². The molecule has 7 heteroatoms. The van der Waals surface area contributed by atoms with E-state index in [4.69, 9.17) is 9.47 Å². The monoisotopic (exact) mass is 549 g/mol. The van der Waals surface area contributed by atoms with Gasteiger partial charge in [-0.05, 0) is 96.1 Å². The fraction of sp³-hybridized carbons (Fsp3) is 0.250. The standard InChI is InChI=1S/C24H24INO4S/c1-4-7-18-12-17(13-20(29-5-2)22(18)30-6-3)14-21-23(27)26(24(28)31-21)15-16-8-10-19(25)11-9-16/h4,8-14H,1,5-7,15H2,2-3H3/b21-14-. The second-order valence-corrected chi connectivity index (χ2v) is 9.00. The number of hydrogen-bond acceptors (Lipinski definition) is 5. The molecule has 0 atom stereocenters. The topological polar surface area (TPSA) is 55.8 Å². The molecule has 0 aliphatic carbocycles. The third kappa shape index (κ3) is 5.71. The van der Waals surface area contributed by atoms with Crippen molar-refractivity contribution in [2.75, 3.05) is 13.2 Å². The summed E-state index contributed by atoms with van der Waals surface area (Å²) in [4.78, 5) is 27.1. The van der Waals surface area contributed by atoms with Crippen LogP contribution in [0.25, 0.3) is 6.08 Å². The largest absolute Gasteiger partial charge is 0.490 e. The van der Waals surface area contributed by atoms with Gasteiger partial charge < -0.3 is 9.47 Å². The van der Waals surface area contributed by atoms with Gasteiger partial charge >= 0.3 is 0 Å². The Kier molecular flexibility index (Phi) is 8.20. The zero-order chi connectivity index (χ0) is 22.4. The maximum absolute atomic E-state index is 12.9.